The van der Waals surface area contributed by atoms with Crippen LogP contribution in [0.4, 0.5) is 0 Å². The zero-order valence-corrected chi connectivity index (χ0v) is 11.1. The first kappa shape index (κ1) is 15.0. The van der Waals surface area contributed by atoms with Crippen molar-refractivity contribution in [3.8, 4) is 0 Å². The number of hydrogen-bond donors (Lipinski definition) is 0. The van der Waals surface area contributed by atoms with Crippen LogP contribution in [0.1, 0.15) is 66.2 Å². The Bertz CT molecular complexity index is 129. The molecule has 0 bridgehead atoms. The van der Waals surface area contributed by atoms with E-state index < -0.39 is 0 Å². The second-order valence-corrected chi connectivity index (χ2v) is 4.75. The molecule has 0 saturated heterocycles. The largest absolute Gasteiger partial charge is 0.237 e. The van der Waals surface area contributed by atoms with Gasteiger partial charge in [0.25, 0.3) is 0 Å². The summed E-state index contributed by atoms with van der Waals surface area (Å²) in [6.07, 6.45) is 7.23. The van der Waals surface area contributed by atoms with E-state index in [1.807, 2.05) is 0 Å². The molecular formula is C14H29O. The Labute approximate surface area is 96.3 Å². The predicted octanol–water partition coefficient (Wildman–Crippen LogP) is 4.69. The van der Waals surface area contributed by atoms with Crippen molar-refractivity contribution in [1.29, 1.82) is 0 Å². The minimum absolute atomic E-state index is 0.109. The van der Waals surface area contributed by atoms with E-state index in [4.69, 9.17) is 0 Å². The summed E-state index contributed by atoms with van der Waals surface area (Å²) in [5.41, 5.74) is 0. The highest BCUT2D eigenvalue weighted by Gasteiger charge is 2.20. The number of rotatable bonds is 9. The van der Waals surface area contributed by atoms with Crippen molar-refractivity contribution in [2.24, 2.45) is 17.8 Å². The SMILES string of the molecule is CCC(CC)CC(CC)C(CC)CC[O]. The van der Waals surface area contributed by atoms with Gasteiger partial charge in [-0.05, 0) is 30.6 Å². The van der Waals surface area contributed by atoms with Gasteiger partial charge in [-0.15, -0.1) is 0 Å². The summed E-state index contributed by atoms with van der Waals surface area (Å²) in [6, 6.07) is 0. The van der Waals surface area contributed by atoms with Crippen molar-refractivity contribution in [2.75, 3.05) is 6.61 Å². The molecule has 2 atom stereocenters. The molecule has 0 aliphatic carbocycles. The first-order valence-electron chi connectivity index (χ1n) is 6.81. The van der Waals surface area contributed by atoms with Crippen LogP contribution >= 0.6 is 0 Å². The van der Waals surface area contributed by atoms with E-state index >= 15 is 0 Å². The monoisotopic (exact) mass is 213 g/mol. The topological polar surface area (TPSA) is 19.9 Å². The van der Waals surface area contributed by atoms with Crippen molar-refractivity contribution in [1.82, 2.24) is 0 Å². The van der Waals surface area contributed by atoms with Gasteiger partial charge in [-0.1, -0.05) is 53.4 Å². The molecule has 15 heavy (non-hydrogen) atoms. The third kappa shape index (κ3) is 5.55. The van der Waals surface area contributed by atoms with E-state index in [1.54, 1.807) is 0 Å². The molecule has 1 heteroatoms. The number of hydrogen-bond acceptors (Lipinski definition) is 0. The van der Waals surface area contributed by atoms with Crippen molar-refractivity contribution in [2.45, 2.75) is 66.2 Å². The normalized spacial score (nSPS) is 15.6. The molecule has 91 valence electrons. The zero-order valence-electron chi connectivity index (χ0n) is 11.1. The second-order valence-electron chi connectivity index (χ2n) is 4.75. The van der Waals surface area contributed by atoms with Crippen LogP contribution in [-0.2, 0) is 5.11 Å². The van der Waals surface area contributed by atoms with Gasteiger partial charge in [0.15, 0.2) is 0 Å². The molecule has 0 aromatic rings. The van der Waals surface area contributed by atoms with E-state index in [1.165, 1.54) is 32.1 Å². The molecule has 1 nitrogen and oxygen atoms in total. The molecule has 0 rings (SSSR count). The lowest BCUT2D eigenvalue weighted by Gasteiger charge is -2.27. The Morgan fingerprint density at radius 2 is 1.33 bits per heavy atom. The molecule has 0 aromatic heterocycles. The maximum Gasteiger partial charge on any atom is 0.0825 e. The molecule has 0 aromatic carbocycles. The molecule has 0 spiro atoms. The molecule has 0 N–H and O–H groups in total. The van der Waals surface area contributed by atoms with Gasteiger partial charge >= 0.3 is 0 Å². The minimum atomic E-state index is 0.109. The Morgan fingerprint density at radius 3 is 1.67 bits per heavy atom. The lowest BCUT2D eigenvalue weighted by Crippen LogP contribution is -2.18. The average Bonchev–Trinajstić information content (AvgIpc) is 2.28. The van der Waals surface area contributed by atoms with Gasteiger partial charge in [0.2, 0.25) is 0 Å². The van der Waals surface area contributed by atoms with Crippen LogP contribution in [-0.4, -0.2) is 6.61 Å². The molecule has 1 radical (unpaired) electrons. The van der Waals surface area contributed by atoms with Crippen LogP contribution in [0, 0.1) is 17.8 Å². The Kier molecular flexibility index (Phi) is 9.18. The summed E-state index contributed by atoms with van der Waals surface area (Å²) < 4.78 is 0. The fraction of sp³-hybridized carbons (Fsp3) is 1.00. The standard InChI is InChI=1S/C14H29O/c1-5-12(6-2)11-14(8-4)13(7-3)9-10-15/h12-14H,5-11H2,1-4H3. The summed E-state index contributed by atoms with van der Waals surface area (Å²) in [5.74, 6) is 2.33. The van der Waals surface area contributed by atoms with Gasteiger partial charge < -0.3 is 0 Å². The molecule has 0 aliphatic rings. The first-order chi connectivity index (χ1) is 7.23. The van der Waals surface area contributed by atoms with Gasteiger partial charge in [0.05, 0.1) is 6.61 Å². The van der Waals surface area contributed by atoms with Gasteiger partial charge in [0.1, 0.15) is 0 Å². The van der Waals surface area contributed by atoms with E-state index in [2.05, 4.69) is 27.7 Å². The molecule has 0 aliphatic heterocycles. The van der Waals surface area contributed by atoms with E-state index in [0.717, 1.165) is 18.3 Å². The van der Waals surface area contributed by atoms with Crippen LogP contribution in [0.15, 0.2) is 0 Å². The average molecular weight is 213 g/mol. The molecule has 0 fully saturated rings. The lowest BCUT2D eigenvalue weighted by atomic mass is 9.78. The van der Waals surface area contributed by atoms with E-state index in [9.17, 15) is 5.11 Å². The Hall–Kier alpha value is -0.0400. The highest BCUT2D eigenvalue weighted by molar-refractivity contribution is 4.71. The molecule has 0 amide bonds. The summed E-state index contributed by atoms with van der Waals surface area (Å²) in [7, 11) is 0. The maximum absolute atomic E-state index is 10.7. The summed E-state index contributed by atoms with van der Waals surface area (Å²) in [5, 5.41) is 10.7. The molecule has 2 unspecified atom stereocenters. The van der Waals surface area contributed by atoms with E-state index in [0.29, 0.717) is 5.92 Å². The fourth-order valence-electron chi connectivity index (χ4n) is 2.67. The Morgan fingerprint density at radius 1 is 0.800 bits per heavy atom. The smallest absolute Gasteiger partial charge is 0.0825 e. The van der Waals surface area contributed by atoms with E-state index in [-0.39, 0.29) is 6.61 Å². The van der Waals surface area contributed by atoms with Gasteiger partial charge in [0, 0.05) is 0 Å². The van der Waals surface area contributed by atoms with Gasteiger partial charge in [-0.3, -0.25) is 0 Å². The van der Waals surface area contributed by atoms with Crippen LogP contribution in [0.25, 0.3) is 0 Å². The second kappa shape index (κ2) is 9.21. The van der Waals surface area contributed by atoms with Gasteiger partial charge in [-0.25, -0.2) is 5.11 Å². The summed E-state index contributed by atoms with van der Waals surface area (Å²) in [4.78, 5) is 0. The van der Waals surface area contributed by atoms with Crippen LogP contribution in [0.2, 0.25) is 0 Å². The molecular weight excluding hydrogens is 184 g/mol. The van der Waals surface area contributed by atoms with Crippen molar-refractivity contribution in [3.63, 3.8) is 0 Å². The highest BCUT2D eigenvalue weighted by Crippen LogP contribution is 2.30. The summed E-state index contributed by atoms with van der Waals surface area (Å²) >= 11 is 0. The fourth-order valence-corrected chi connectivity index (χ4v) is 2.67. The first-order valence-corrected chi connectivity index (χ1v) is 6.81. The zero-order chi connectivity index (χ0) is 11.7. The van der Waals surface area contributed by atoms with Crippen molar-refractivity contribution >= 4 is 0 Å². The minimum Gasteiger partial charge on any atom is -0.237 e. The highest BCUT2D eigenvalue weighted by atomic mass is 16.3. The quantitative estimate of drug-likeness (QED) is 0.530. The third-order valence-electron chi connectivity index (χ3n) is 3.99. The third-order valence-corrected chi connectivity index (χ3v) is 3.99. The predicted molar refractivity (Wildman–Crippen MR) is 66.4 cm³/mol. The van der Waals surface area contributed by atoms with Crippen LogP contribution in [0.3, 0.4) is 0 Å². The molecule has 0 saturated carbocycles. The molecule has 0 heterocycles. The maximum atomic E-state index is 10.7. The van der Waals surface area contributed by atoms with Crippen LogP contribution < -0.4 is 0 Å². The van der Waals surface area contributed by atoms with Crippen molar-refractivity contribution in [3.05, 3.63) is 0 Å². The van der Waals surface area contributed by atoms with Gasteiger partial charge in [-0.2, -0.15) is 0 Å². The van der Waals surface area contributed by atoms with Crippen molar-refractivity contribution < 1.29 is 5.11 Å². The summed E-state index contributed by atoms with van der Waals surface area (Å²) in [6.45, 7) is 9.19. The van der Waals surface area contributed by atoms with Crippen LogP contribution in [0.5, 0.6) is 0 Å². The Balaban J connectivity index is 4.17. The lowest BCUT2D eigenvalue weighted by molar-refractivity contribution is 0.139.